The molecule has 3 atom stereocenters. The number of benzene rings is 3. The summed E-state index contributed by atoms with van der Waals surface area (Å²) in [6.07, 6.45) is 5.96. The van der Waals surface area contributed by atoms with Crippen LogP contribution < -0.4 is 5.32 Å². The Morgan fingerprint density at radius 3 is 2.24 bits per heavy atom. The third-order valence-corrected chi connectivity index (χ3v) is 7.67. The van der Waals surface area contributed by atoms with E-state index in [4.69, 9.17) is 0 Å². The Labute approximate surface area is 226 Å². The van der Waals surface area contributed by atoms with E-state index in [9.17, 15) is 14.7 Å². The molecule has 1 aliphatic rings. The van der Waals surface area contributed by atoms with Crippen LogP contribution in [0.15, 0.2) is 84.9 Å². The number of aliphatic hydroxyl groups is 1. The molecule has 5 heteroatoms. The van der Waals surface area contributed by atoms with Crippen molar-refractivity contribution in [2.24, 2.45) is 5.92 Å². The highest BCUT2D eigenvalue weighted by Gasteiger charge is 2.33. The minimum atomic E-state index is -0.398. The molecule has 3 aromatic carbocycles. The molecule has 1 aliphatic carbocycles. The van der Waals surface area contributed by atoms with Gasteiger partial charge in [-0.25, -0.2) is 0 Å². The van der Waals surface area contributed by atoms with E-state index >= 15 is 0 Å². The topological polar surface area (TPSA) is 69.6 Å². The molecule has 0 radical (unpaired) electrons. The maximum absolute atomic E-state index is 13.4. The van der Waals surface area contributed by atoms with Gasteiger partial charge in [0.15, 0.2) is 0 Å². The van der Waals surface area contributed by atoms with Crippen molar-refractivity contribution in [3.8, 4) is 0 Å². The monoisotopic (exact) mass is 512 g/mol. The van der Waals surface area contributed by atoms with Crippen LogP contribution in [0.2, 0.25) is 0 Å². The molecule has 0 aromatic heterocycles. The smallest absolute Gasteiger partial charge is 0.254 e. The van der Waals surface area contributed by atoms with E-state index < -0.39 is 6.04 Å². The molecular formula is C33H40N2O3. The van der Waals surface area contributed by atoms with Crippen molar-refractivity contribution in [1.82, 2.24) is 10.2 Å². The molecule has 38 heavy (non-hydrogen) atoms. The lowest BCUT2D eigenvalue weighted by molar-refractivity contribution is -0.127. The lowest BCUT2D eigenvalue weighted by Gasteiger charge is -2.32. The van der Waals surface area contributed by atoms with Crippen molar-refractivity contribution in [2.75, 3.05) is 13.2 Å². The van der Waals surface area contributed by atoms with Gasteiger partial charge in [0.2, 0.25) is 5.91 Å². The first kappa shape index (κ1) is 27.6. The molecule has 3 aromatic rings. The predicted molar refractivity (Wildman–Crippen MR) is 152 cm³/mol. The van der Waals surface area contributed by atoms with E-state index in [0.717, 1.165) is 56.2 Å². The van der Waals surface area contributed by atoms with Gasteiger partial charge in [-0.05, 0) is 54.0 Å². The Kier molecular flexibility index (Phi) is 10.1. The first-order chi connectivity index (χ1) is 18.6. The Morgan fingerprint density at radius 1 is 0.921 bits per heavy atom. The molecule has 0 spiro atoms. The van der Waals surface area contributed by atoms with Crippen LogP contribution in [0.5, 0.6) is 0 Å². The fraction of sp³-hybridized carbons (Fsp3) is 0.394. The number of amides is 2. The SMILES string of the molecule is CCCCN(Cc1ccc(C2CCCCC2C(=O)NC(CO)c2ccccc2)cc1)C(=O)c1ccccc1. The van der Waals surface area contributed by atoms with Crippen LogP contribution in [0.1, 0.15) is 84.5 Å². The molecule has 2 N–H and O–H groups in total. The summed E-state index contributed by atoms with van der Waals surface area (Å²) in [6.45, 7) is 3.31. The van der Waals surface area contributed by atoms with Gasteiger partial charge in [-0.1, -0.05) is 99.0 Å². The van der Waals surface area contributed by atoms with Crippen LogP contribution in [-0.4, -0.2) is 35.0 Å². The van der Waals surface area contributed by atoms with Crippen LogP contribution in [0.4, 0.5) is 0 Å². The van der Waals surface area contributed by atoms with E-state index in [2.05, 4.69) is 36.5 Å². The number of carbonyl (C=O) groups is 2. The van der Waals surface area contributed by atoms with Crippen LogP contribution in [0.25, 0.3) is 0 Å². The number of hydrogen-bond donors (Lipinski definition) is 2. The Morgan fingerprint density at radius 2 is 1.58 bits per heavy atom. The van der Waals surface area contributed by atoms with Crippen molar-refractivity contribution in [3.05, 3.63) is 107 Å². The Balaban J connectivity index is 1.45. The van der Waals surface area contributed by atoms with Crippen molar-refractivity contribution in [1.29, 1.82) is 0 Å². The maximum atomic E-state index is 13.4. The average molecular weight is 513 g/mol. The largest absolute Gasteiger partial charge is 0.394 e. The molecular weight excluding hydrogens is 472 g/mol. The number of rotatable bonds is 11. The number of aliphatic hydroxyl groups excluding tert-OH is 1. The van der Waals surface area contributed by atoms with E-state index in [1.54, 1.807) is 0 Å². The molecule has 0 aliphatic heterocycles. The summed E-state index contributed by atoms with van der Waals surface area (Å²) in [7, 11) is 0. The second kappa shape index (κ2) is 13.9. The summed E-state index contributed by atoms with van der Waals surface area (Å²) in [5.41, 5.74) is 3.89. The summed E-state index contributed by atoms with van der Waals surface area (Å²) in [4.78, 5) is 28.5. The normalized spacial score (nSPS) is 17.9. The molecule has 1 fully saturated rings. The number of unbranched alkanes of at least 4 members (excludes halogenated alkanes) is 1. The fourth-order valence-electron chi connectivity index (χ4n) is 5.50. The molecule has 0 saturated heterocycles. The van der Waals surface area contributed by atoms with Gasteiger partial charge >= 0.3 is 0 Å². The van der Waals surface area contributed by atoms with Gasteiger partial charge in [-0.15, -0.1) is 0 Å². The van der Waals surface area contributed by atoms with Crippen LogP contribution in [-0.2, 0) is 11.3 Å². The van der Waals surface area contributed by atoms with E-state index in [0.29, 0.717) is 12.1 Å². The summed E-state index contributed by atoms with van der Waals surface area (Å²) < 4.78 is 0. The third-order valence-electron chi connectivity index (χ3n) is 7.67. The van der Waals surface area contributed by atoms with Gasteiger partial charge < -0.3 is 15.3 Å². The minimum absolute atomic E-state index is 0.0147. The second-order valence-electron chi connectivity index (χ2n) is 10.3. The van der Waals surface area contributed by atoms with Crippen LogP contribution in [0.3, 0.4) is 0 Å². The van der Waals surface area contributed by atoms with E-state index in [-0.39, 0.29) is 30.3 Å². The fourth-order valence-corrected chi connectivity index (χ4v) is 5.50. The Hall–Kier alpha value is -3.44. The number of carbonyl (C=O) groups excluding carboxylic acids is 2. The summed E-state index contributed by atoms with van der Waals surface area (Å²) in [5, 5.41) is 13.0. The molecule has 0 heterocycles. The van der Waals surface area contributed by atoms with E-state index in [1.807, 2.05) is 65.6 Å². The zero-order valence-electron chi connectivity index (χ0n) is 22.4. The van der Waals surface area contributed by atoms with Gasteiger partial charge in [0, 0.05) is 24.6 Å². The van der Waals surface area contributed by atoms with Crippen molar-refractivity contribution >= 4 is 11.8 Å². The second-order valence-corrected chi connectivity index (χ2v) is 10.3. The minimum Gasteiger partial charge on any atom is -0.394 e. The molecule has 1 saturated carbocycles. The summed E-state index contributed by atoms with van der Waals surface area (Å²) >= 11 is 0. The van der Waals surface area contributed by atoms with Crippen LogP contribution in [0, 0.1) is 5.92 Å². The summed E-state index contributed by atoms with van der Waals surface area (Å²) in [6, 6.07) is 27.2. The first-order valence-corrected chi connectivity index (χ1v) is 14.0. The molecule has 2 amide bonds. The number of nitrogens with one attached hydrogen (secondary N) is 1. The highest BCUT2D eigenvalue weighted by Crippen LogP contribution is 2.38. The first-order valence-electron chi connectivity index (χ1n) is 14.0. The van der Waals surface area contributed by atoms with Crippen LogP contribution >= 0.6 is 0 Å². The average Bonchev–Trinajstić information content (AvgIpc) is 2.98. The van der Waals surface area contributed by atoms with Gasteiger partial charge in [-0.2, -0.15) is 0 Å². The van der Waals surface area contributed by atoms with E-state index in [1.165, 1.54) is 5.56 Å². The van der Waals surface area contributed by atoms with Crippen molar-refractivity contribution in [3.63, 3.8) is 0 Å². The quantitative estimate of drug-likeness (QED) is 0.319. The Bertz CT molecular complexity index is 1150. The highest BCUT2D eigenvalue weighted by molar-refractivity contribution is 5.94. The van der Waals surface area contributed by atoms with Gasteiger partial charge in [0.1, 0.15) is 0 Å². The molecule has 3 unspecified atom stereocenters. The van der Waals surface area contributed by atoms with Crippen molar-refractivity contribution in [2.45, 2.75) is 64.0 Å². The lowest BCUT2D eigenvalue weighted by Crippen LogP contribution is -2.39. The van der Waals surface area contributed by atoms with Gasteiger partial charge in [-0.3, -0.25) is 9.59 Å². The third kappa shape index (κ3) is 7.11. The highest BCUT2D eigenvalue weighted by atomic mass is 16.3. The standard InChI is InChI=1S/C33H40N2O3/c1-2-3-22-35(33(38)28-14-8-5-9-15-28)23-25-18-20-26(21-19-25)29-16-10-11-17-30(29)32(37)34-31(24-36)27-12-6-4-7-13-27/h4-9,12-15,18-21,29-31,36H,2-3,10-11,16-17,22-24H2,1H3,(H,34,37). The molecule has 5 nitrogen and oxygen atoms in total. The van der Waals surface area contributed by atoms with Gasteiger partial charge in [0.25, 0.3) is 5.91 Å². The summed E-state index contributed by atoms with van der Waals surface area (Å²) in [5.74, 6) is 0.105. The van der Waals surface area contributed by atoms with Crippen molar-refractivity contribution < 1.29 is 14.7 Å². The zero-order chi connectivity index (χ0) is 26.7. The molecule has 200 valence electrons. The lowest BCUT2D eigenvalue weighted by atomic mass is 9.74. The van der Waals surface area contributed by atoms with Gasteiger partial charge in [0.05, 0.1) is 12.6 Å². The molecule has 4 rings (SSSR count). The zero-order valence-corrected chi connectivity index (χ0v) is 22.4. The predicted octanol–water partition coefficient (Wildman–Crippen LogP) is 6.25. The number of hydrogen-bond acceptors (Lipinski definition) is 3. The number of nitrogens with zero attached hydrogens (tertiary/aromatic N) is 1. The maximum Gasteiger partial charge on any atom is 0.254 e. The molecule has 0 bridgehead atoms.